The molecule has 26 heavy (non-hydrogen) atoms. The van der Waals surface area contributed by atoms with Crippen molar-refractivity contribution in [1.29, 1.82) is 0 Å². The average Bonchev–Trinajstić information content (AvgIpc) is 2.88. The number of nitrogens with zero attached hydrogens (tertiary/aromatic N) is 1. The van der Waals surface area contributed by atoms with Crippen molar-refractivity contribution in [2.45, 2.75) is 13.3 Å². The van der Waals surface area contributed by atoms with Crippen LogP contribution in [0.15, 0.2) is 71.9 Å². The van der Waals surface area contributed by atoms with Gasteiger partial charge in [0.2, 0.25) is 0 Å². The van der Waals surface area contributed by atoms with E-state index in [-0.39, 0.29) is 11.4 Å². The molecular formula is C21H23N3O2. The number of esters is 1. The normalized spacial score (nSPS) is 26.2. The lowest BCUT2D eigenvalue weighted by Gasteiger charge is -2.35. The highest BCUT2D eigenvalue weighted by Gasteiger charge is 2.49. The molecule has 1 spiro atoms. The van der Waals surface area contributed by atoms with Crippen molar-refractivity contribution in [3.63, 3.8) is 0 Å². The van der Waals surface area contributed by atoms with Gasteiger partial charge < -0.3 is 15.4 Å². The van der Waals surface area contributed by atoms with Crippen molar-refractivity contribution in [1.82, 2.24) is 15.6 Å². The van der Waals surface area contributed by atoms with Crippen molar-refractivity contribution in [3.8, 4) is 0 Å². The van der Waals surface area contributed by atoms with Gasteiger partial charge in [-0.05, 0) is 48.6 Å². The molecule has 3 heterocycles. The van der Waals surface area contributed by atoms with Gasteiger partial charge in [-0.15, -0.1) is 0 Å². The smallest absolute Gasteiger partial charge is 0.354 e. The number of allylic oxidation sites excluding steroid dienone is 4. The van der Waals surface area contributed by atoms with Gasteiger partial charge in [-0.25, -0.2) is 4.79 Å². The van der Waals surface area contributed by atoms with Crippen LogP contribution in [0.5, 0.6) is 0 Å². The van der Waals surface area contributed by atoms with E-state index in [2.05, 4.69) is 52.1 Å². The Hall–Kier alpha value is -2.82. The molecule has 0 bridgehead atoms. The van der Waals surface area contributed by atoms with Crippen LogP contribution in [0, 0.1) is 11.3 Å². The van der Waals surface area contributed by atoms with Crippen LogP contribution in [0.4, 0.5) is 0 Å². The second-order valence-corrected chi connectivity index (χ2v) is 6.77. The van der Waals surface area contributed by atoms with Crippen molar-refractivity contribution >= 4 is 5.97 Å². The zero-order chi connectivity index (χ0) is 18.0. The third-order valence-electron chi connectivity index (χ3n) is 5.33. The molecule has 1 aromatic rings. The van der Waals surface area contributed by atoms with Crippen LogP contribution in [0.3, 0.4) is 0 Å². The number of nitrogens with one attached hydrogen (secondary N) is 2. The van der Waals surface area contributed by atoms with Gasteiger partial charge in [-0.1, -0.05) is 24.3 Å². The molecule has 0 aromatic carbocycles. The number of carbonyl (C=O) groups excluding carboxylic acids is 1. The molecule has 1 saturated heterocycles. The molecule has 1 fully saturated rings. The predicted octanol–water partition coefficient (Wildman–Crippen LogP) is 2.26. The predicted molar refractivity (Wildman–Crippen MR) is 99.9 cm³/mol. The van der Waals surface area contributed by atoms with Crippen molar-refractivity contribution in [3.05, 3.63) is 77.4 Å². The van der Waals surface area contributed by atoms with E-state index in [0.717, 1.165) is 18.7 Å². The maximum atomic E-state index is 12.4. The molecule has 1 aliphatic carbocycles. The third kappa shape index (κ3) is 2.73. The van der Waals surface area contributed by atoms with Gasteiger partial charge in [0.25, 0.3) is 0 Å². The van der Waals surface area contributed by atoms with Crippen LogP contribution < -0.4 is 10.6 Å². The summed E-state index contributed by atoms with van der Waals surface area (Å²) in [6, 6.07) is 4.08. The summed E-state index contributed by atoms with van der Waals surface area (Å²) in [5.41, 5.74) is 3.77. The molecule has 2 aliphatic heterocycles. The SMILES string of the molecule is CCOC(=O)C1=CC23C(=CCN1)C=CC=C2NCC3Cc1cccnc1. The second kappa shape index (κ2) is 6.83. The number of rotatable bonds is 4. The van der Waals surface area contributed by atoms with Gasteiger partial charge in [-0.3, -0.25) is 4.98 Å². The second-order valence-electron chi connectivity index (χ2n) is 6.77. The molecule has 2 atom stereocenters. The van der Waals surface area contributed by atoms with E-state index in [0.29, 0.717) is 24.8 Å². The fraction of sp³-hybridized carbons (Fsp3) is 0.333. The lowest BCUT2D eigenvalue weighted by molar-refractivity contribution is -0.139. The summed E-state index contributed by atoms with van der Waals surface area (Å²) in [7, 11) is 0. The molecule has 5 heteroatoms. The quantitative estimate of drug-likeness (QED) is 0.817. The Kier molecular flexibility index (Phi) is 4.37. The first kappa shape index (κ1) is 16.6. The van der Waals surface area contributed by atoms with Crippen molar-refractivity contribution < 1.29 is 9.53 Å². The first-order chi connectivity index (χ1) is 12.7. The zero-order valence-corrected chi connectivity index (χ0v) is 14.9. The van der Waals surface area contributed by atoms with Gasteiger partial charge in [0.1, 0.15) is 5.70 Å². The molecule has 0 radical (unpaired) electrons. The lowest BCUT2D eigenvalue weighted by atomic mass is 9.66. The first-order valence-corrected chi connectivity index (χ1v) is 9.10. The Labute approximate surface area is 153 Å². The van der Waals surface area contributed by atoms with E-state index < -0.39 is 0 Å². The first-order valence-electron chi connectivity index (χ1n) is 9.10. The number of hydrogen-bond donors (Lipinski definition) is 2. The highest BCUT2D eigenvalue weighted by atomic mass is 16.5. The molecule has 2 unspecified atom stereocenters. The van der Waals surface area contributed by atoms with Crippen LogP contribution in [0.25, 0.3) is 0 Å². The number of carbonyl (C=O) groups is 1. The fourth-order valence-electron chi connectivity index (χ4n) is 4.18. The Balaban J connectivity index is 1.77. The van der Waals surface area contributed by atoms with E-state index in [1.54, 1.807) is 6.20 Å². The molecule has 134 valence electrons. The Morgan fingerprint density at radius 1 is 1.42 bits per heavy atom. The van der Waals surface area contributed by atoms with Gasteiger partial charge in [0, 0.05) is 31.2 Å². The molecule has 2 N–H and O–H groups in total. The monoisotopic (exact) mass is 349 g/mol. The molecule has 0 amide bonds. The van der Waals surface area contributed by atoms with Gasteiger partial charge >= 0.3 is 5.97 Å². The van der Waals surface area contributed by atoms with Gasteiger partial charge in [0.15, 0.2) is 0 Å². The van der Waals surface area contributed by atoms with E-state index in [4.69, 9.17) is 4.74 Å². The minimum atomic E-state index is -0.337. The highest BCUT2D eigenvalue weighted by molar-refractivity contribution is 5.88. The van der Waals surface area contributed by atoms with E-state index in [1.807, 2.05) is 19.2 Å². The van der Waals surface area contributed by atoms with Crippen LogP contribution >= 0.6 is 0 Å². The maximum Gasteiger partial charge on any atom is 0.354 e. The molecule has 3 aliphatic rings. The fourth-order valence-corrected chi connectivity index (χ4v) is 4.18. The molecule has 1 aromatic heterocycles. The largest absolute Gasteiger partial charge is 0.461 e. The summed E-state index contributed by atoms with van der Waals surface area (Å²) in [4.78, 5) is 16.7. The summed E-state index contributed by atoms with van der Waals surface area (Å²) < 4.78 is 5.25. The maximum absolute atomic E-state index is 12.4. The Bertz CT molecular complexity index is 823. The standard InChI is InChI=1S/C21H23N3O2/c1-2-26-20(25)18-12-21-16(8-10-23-18)6-3-7-19(21)24-14-17(21)11-15-5-4-9-22-13-15/h3-9,12-13,17,23-24H,2,10-11,14H2,1H3. The average molecular weight is 349 g/mol. The third-order valence-corrected chi connectivity index (χ3v) is 5.33. The number of aromatic nitrogens is 1. The summed E-state index contributed by atoms with van der Waals surface area (Å²) in [5.74, 6) is -0.00377. The lowest BCUT2D eigenvalue weighted by Crippen LogP contribution is -2.32. The molecule has 4 rings (SSSR count). The van der Waals surface area contributed by atoms with Crippen molar-refractivity contribution in [2.75, 3.05) is 19.7 Å². The molecular weight excluding hydrogens is 326 g/mol. The van der Waals surface area contributed by atoms with Crippen LogP contribution in [-0.2, 0) is 16.0 Å². The van der Waals surface area contributed by atoms with E-state index >= 15 is 0 Å². The number of hydrogen-bond acceptors (Lipinski definition) is 5. The van der Waals surface area contributed by atoms with Gasteiger partial charge in [0.05, 0.1) is 12.0 Å². The highest BCUT2D eigenvalue weighted by Crippen LogP contribution is 2.51. The zero-order valence-electron chi connectivity index (χ0n) is 14.9. The topological polar surface area (TPSA) is 63.2 Å². The minimum Gasteiger partial charge on any atom is -0.461 e. The van der Waals surface area contributed by atoms with Crippen LogP contribution in [0.2, 0.25) is 0 Å². The Morgan fingerprint density at radius 2 is 2.35 bits per heavy atom. The molecule has 5 nitrogen and oxygen atoms in total. The van der Waals surface area contributed by atoms with Gasteiger partial charge in [-0.2, -0.15) is 0 Å². The summed E-state index contributed by atoms with van der Waals surface area (Å²) in [6.07, 6.45) is 15.2. The number of pyridine rings is 1. The van der Waals surface area contributed by atoms with Crippen LogP contribution in [-0.4, -0.2) is 30.6 Å². The Morgan fingerprint density at radius 3 is 3.15 bits per heavy atom. The summed E-state index contributed by atoms with van der Waals surface area (Å²) >= 11 is 0. The number of ether oxygens (including phenoxy) is 1. The minimum absolute atomic E-state index is 0.290. The van der Waals surface area contributed by atoms with E-state index in [1.165, 1.54) is 11.1 Å². The molecule has 0 saturated carbocycles. The summed E-state index contributed by atoms with van der Waals surface area (Å²) in [5, 5.41) is 6.79. The summed E-state index contributed by atoms with van der Waals surface area (Å²) in [6.45, 7) is 3.66. The van der Waals surface area contributed by atoms with Crippen molar-refractivity contribution in [2.24, 2.45) is 11.3 Å². The van der Waals surface area contributed by atoms with E-state index in [9.17, 15) is 4.79 Å². The van der Waals surface area contributed by atoms with Crippen LogP contribution in [0.1, 0.15) is 12.5 Å².